The average molecular weight is 293 g/mol. The van der Waals surface area contributed by atoms with Crippen LogP contribution in [0.15, 0.2) is 24.3 Å². The van der Waals surface area contributed by atoms with Gasteiger partial charge in [-0.25, -0.2) is 0 Å². The molecule has 0 saturated carbocycles. The van der Waals surface area contributed by atoms with Crippen LogP contribution in [0, 0.1) is 5.92 Å². The van der Waals surface area contributed by atoms with E-state index in [4.69, 9.17) is 0 Å². The second kappa shape index (κ2) is 8.35. The maximum atomic E-state index is 11.8. The van der Waals surface area contributed by atoms with Crippen molar-refractivity contribution in [3.63, 3.8) is 0 Å². The molecular weight excluding hydrogens is 266 g/mol. The minimum atomic E-state index is 0.134. The van der Waals surface area contributed by atoms with Crippen molar-refractivity contribution in [3.8, 4) is 0 Å². The molecule has 3 heteroatoms. The summed E-state index contributed by atoms with van der Waals surface area (Å²) in [6, 6.07) is 8.94. The second-order valence-corrected chi connectivity index (χ2v) is 6.97. The summed E-state index contributed by atoms with van der Waals surface area (Å²) in [5.74, 6) is 2.60. The highest BCUT2D eigenvalue weighted by Gasteiger charge is 2.10. The summed E-state index contributed by atoms with van der Waals surface area (Å²) in [5, 5.41) is 3.03. The Labute approximate surface area is 127 Å². The van der Waals surface area contributed by atoms with Gasteiger partial charge in [0.1, 0.15) is 0 Å². The number of hydrogen-bond acceptors (Lipinski definition) is 2. The van der Waals surface area contributed by atoms with Crippen LogP contribution in [0.25, 0.3) is 0 Å². The maximum Gasteiger partial charge on any atom is 0.230 e. The fraction of sp³-hybridized carbons (Fsp3) is 0.588. The normalized spacial score (nSPS) is 12.8. The Balaban J connectivity index is 2.32. The largest absolute Gasteiger partial charge is 0.353 e. The summed E-state index contributed by atoms with van der Waals surface area (Å²) < 4.78 is 0. The number of rotatable bonds is 7. The minimum Gasteiger partial charge on any atom is -0.353 e. The lowest BCUT2D eigenvalue weighted by Crippen LogP contribution is -2.37. The van der Waals surface area contributed by atoms with E-state index in [9.17, 15) is 4.79 Å². The van der Waals surface area contributed by atoms with Crippen LogP contribution in [0.1, 0.15) is 51.7 Å². The maximum absolute atomic E-state index is 11.8. The Morgan fingerprint density at radius 1 is 1.10 bits per heavy atom. The third-order valence-corrected chi connectivity index (χ3v) is 4.54. The van der Waals surface area contributed by atoms with Crippen molar-refractivity contribution in [2.24, 2.45) is 5.92 Å². The van der Waals surface area contributed by atoms with Gasteiger partial charge in [0.2, 0.25) is 5.91 Å². The summed E-state index contributed by atoms with van der Waals surface area (Å²) in [5.41, 5.74) is 2.64. The van der Waals surface area contributed by atoms with Crippen LogP contribution in [-0.4, -0.2) is 17.7 Å². The van der Waals surface area contributed by atoms with Gasteiger partial charge in [-0.15, -0.1) is 11.8 Å². The molecule has 0 spiro atoms. The van der Waals surface area contributed by atoms with E-state index >= 15 is 0 Å². The van der Waals surface area contributed by atoms with Gasteiger partial charge in [0, 0.05) is 11.8 Å². The van der Waals surface area contributed by atoms with E-state index in [0.29, 0.717) is 17.6 Å². The highest BCUT2D eigenvalue weighted by molar-refractivity contribution is 7.99. The molecule has 1 unspecified atom stereocenters. The first kappa shape index (κ1) is 17.1. The molecule has 1 atom stereocenters. The van der Waals surface area contributed by atoms with Crippen molar-refractivity contribution in [1.29, 1.82) is 0 Å². The molecule has 0 radical (unpaired) electrons. The molecule has 1 aromatic carbocycles. The number of benzene rings is 1. The van der Waals surface area contributed by atoms with Gasteiger partial charge >= 0.3 is 0 Å². The predicted molar refractivity (Wildman–Crippen MR) is 89.1 cm³/mol. The van der Waals surface area contributed by atoms with Crippen LogP contribution >= 0.6 is 11.8 Å². The molecule has 1 amide bonds. The van der Waals surface area contributed by atoms with Gasteiger partial charge in [0.25, 0.3) is 0 Å². The van der Waals surface area contributed by atoms with Gasteiger partial charge in [0.15, 0.2) is 0 Å². The zero-order valence-electron chi connectivity index (χ0n) is 13.3. The third-order valence-electron chi connectivity index (χ3n) is 3.54. The zero-order valence-corrected chi connectivity index (χ0v) is 14.1. The molecule has 1 N–H and O–H groups in total. The van der Waals surface area contributed by atoms with E-state index in [1.807, 2.05) is 0 Å². The number of carbonyl (C=O) groups excluding carboxylic acids is 1. The number of carbonyl (C=O) groups is 1. The van der Waals surface area contributed by atoms with Crippen LogP contribution in [0.5, 0.6) is 0 Å². The minimum absolute atomic E-state index is 0.134. The fourth-order valence-corrected chi connectivity index (χ4v) is 2.52. The SMILES string of the molecule is CC(C)c1ccc(CSCC(=O)NC(C)C(C)C)cc1. The summed E-state index contributed by atoms with van der Waals surface area (Å²) in [6.45, 7) is 10.7. The van der Waals surface area contributed by atoms with Crippen molar-refractivity contribution in [2.75, 3.05) is 5.75 Å². The standard InChI is InChI=1S/C17H27NOS/c1-12(2)14(5)18-17(19)11-20-10-15-6-8-16(9-7-15)13(3)4/h6-9,12-14H,10-11H2,1-5H3,(H,18,19). The first-order valence-corrected chi connectivity index (χ1v) is 8.51. The third kappa shape index (κ3) is 6.00. The lowest BCUT2D eigenvalue weighted by molar-refractivity contribution is -0.119. The molecule has 20 heavy (non-hydrogen) atoms. The van der Waals surface area contributed by atoms with Crippen LogP contribution in [0.2, 0.25) is 0 Å². The van der Waals surface area contributed by atoms with Crippen molar-refractivity contribution in [1.82, 2.24) is 5.32 Å². The molecule has 0 aliphatic carbocycles. The topological polar surface area (TPSA) is 29.1 Å². The van der Waals surface area contributed by atoms with E-state index in [1.165, 1.54) is 11.1 Å². The lowest BCUT2D eigenvalue weighted by Gasteiger charge is -2.17. The van der Waals surface area contributed by atoms with Gasteiger partial charge < -0.3 is 5.32 Å². The smallest absolute Gasteiger partial charge is 0.230 e. The van der Waals surface area contributed by atoms with E-state index in [0.717, 1.165) is 5.75 Å². The Bertz CT molecular complexity index is 412. The molecule has 1 rings (SSSR count). The van der Waals surface area contributed by atoms with Crippen molar-refractivity contribution in [3.05, 3.63) is 35.4 Å². The fourth-order valence-electron chi connectivity index (χ4n) is 1.72. The lowest BCUT2D eigenvalue weighted by atomic mass is 10.0. The van der Waals surface area contributed by atoms with Crippen LogP contribution in [0.4, 0.5) is 0 Å². The van der Waals surface area contributed by atoms with Crippen LogP contribution < -0.4 is 5.32 Å². The summed E-state index contributed by atoms with van der Waals surface area (Å²) in [6.07, 6.45) is 0. The van der Waals surface area contributed by atoms with Gasteiger partial charge in [-0.2, -0.15) is 0 Å². The molecule has 0 aliphatic rings. The van der Waals surface area contributed by atoms with E-state index in [-0.39, 0.29) is 11.9 Å². The number of thioether (sulfide) groups is 1. The van der Waals surface area contributed by atoms with Gasteiger partial charge in [-0.05, 0) is 29.9 Å². The Kier molecular flexibility index (Phi) is 7.14. The summed E-state index contributed by atoms with van der Waals surface area (Å²) in [7, 11) is 0. The van der Waals surface area contributed by atoms with E-state index in [1.54, 1.807) is 11.8 Å². The van der Waals surface area contributed by atoms with Gasteiger partial charge in [-0.1, -0.05) is 52.0 Å². The molecule has 0 aromatic heterocycles. The first-order valence-electron chi connectivity index (χ1n) is 7.36. The molecule has 0 heterocycles. The van der Waals surface area contributed by atoms with Crippen molar-refractivity contribution < 1.29 is 4.79 Å². The number of nitrogens with one attached hydrogen (secondary N) is 1. The molecule has 0 saturated heterocycles. The molecule has 0 aliphatic heterocycles. The van der Waals surface area contributed by atoms with Crippen LogP contribution in [-0.2, 0) is 10.5 Å². The van der Waals surface area contributed by atoms with E-state index < -0.39 is 0 Å². The molecule has 2 nitrogen and oxygen atoms in total. The van der Waals surface area contributed by atoms with E-state index in [2.05, 4.69) is 64.2 Å². The molecule has 112 valence electrons. The van der Waals surface area contributed by atoms with Crippen LogP contribution in [0.3, 0.4) is 0 Å². The molecule has 0 bridgehead atoms. The highest BCUT2D eigenvalue weighted by atomic mass is 32.2. The van der Waals surface area contributed by atoms with Gasteiger partial charge in [-0.3, -0.25) is 4.79 Å². The average Bonchev–Trinajstić information content (AvgIpc) is 2.39. The monoisotopic (exact) mass is 293 g/mol. The molecule has 0 fully saturated rings. The summed E-state index contributed by atoms with van der Waals surface area (Å²) >= 11 is 1.67. The quantitative estimate of drug-likeness (QED) is 0.816. The molecule has 1 aromatic rings. The number of hydrogen-bond donors (Lipinski definition) is 1. The number of amides is 1. The first-order chi connectivity index (χ1) is 9.40. The Morgan fingerprint density at radius 2 is 1.70 bits per heavy atom. The zero-order chi connectivity index (χ0) is 15.1. The highest BCUT2D eigenvalue weighted by Crippen LogP contribution is 2.17. The predicted octanol–water partition coefficient (Wildman–Crippen LogP) is 4.20. The Morgan fingerprint density at radius 3 is 2.20 bits per heavy atom. The second-order valence-electron chi connectivity index (χ2n) is 5.99. The summed E-state index contributed by atoms with van der Waals surface area (Å²) in [4.78, 5) is 11.8. The molecular formula is C17H27NOS. The van der Waals surface area contributed by atoms with Crippen molar-refractivity contribution >= 4 is 17.7 Å². The van der Waals surface area contributed by atoms with Crippen molar-refractivity contribution in [2.45, 2.75) is 52.3 Å². The Hall–Kier alpha value is -0.960. The van der Waals surface area contributed by atoms with Gasteiger partial charge in [0.05, 0.1) is 5.75 Å².